The summed E-state index contributed by atoms with van der Waals surface area (Å²) in [5.41, 5.74) is 4.71. The number of carbonyl (C=O) groups is 4. The van der Waals surface area contributed by atoms with Crippen LogP contribution in [0.4, 0.5) is 5.69 Å². The molecule has 20 heteroatoms. The zero-order valence-electron chi connectivity index (χ0n) is 40.0. The van der Waals surface area contributed by atoms with Crippen LogP contribution in [0.15, 0.2) is 59.8 Å². The number of phenolic OH excluding ortho intramolecular Hbond substituents is 3. The van der Waals surface area contributed by atoms with Crippen molar-refractivity contribution in [2.75, 3.05) is 45.7 Å². The zero-order chi connectivity index (χ0) is 50.4. The number of likely N-dealkylation sites (N-methyl/N-ethyl adjacent to an activating group) is 1. The number of allylic oxidation sites excluding steroid dienone is 2. The lowest BCUT2D eigenvalue weighted by molar-refractivity contribution is -0.160. The fourth-order valence-electron chi connectivity index (χ4n) is 8.35. The molecule has 368 valence electrons. The Bertz CT molecular complexity index is 2490. The summed E-state index contributed by atoms with van der Waals surface area (Å²) in [6, 6.07) is 0. The number of rotatable bonds is 5. The Balaban J connectivity index is 0.000000858. The van der Waals surface area contributed by atoms with Gasteiger partial charge in [0.25, 0.3) is 17.6 Å². The third-order valence-corrected chi connectivity index (χ3v) is 12.7. The number of nitrogens with two attached hydrogens (primary N) is 1. The molecule has 1 saturated heterocycles. The van der Waals surface area contributed by atoms with E-state index in [-0.39, 0.29) is 50.2 Å². The van der Waals surface area contributed by atoms with Crippen molar-refractivity contribution in [3.05, 3.63) is 77.1 Å². The number of anilines is 1. The second kappa shape index (κ2) is 22.0. The van der Waals surface area contributed by atoms with Gasteiger partial charge in [-0.25, -0.2) is 4.98 Å². The average Bonchev–Trinajstić information content (AvgIpc) is 3.58. The van der Waals surface area contributed by atoms with E-state index in [9.17, 15) is 44.7 Å². The minimum absolute atomic E-state index is 0.0559. The Kier molecular flexibility index (Phi) is 16.9. The number of ether oxygens (including phenoxy) is 4. The lowest BCUT2D eigenvalue weighted by Crippen LogP contribution is -2.46. The standard InChI is InChI=1S/C43H58N4O12.C5H5N3O/c1-21-12-11-13-22(2)42(55)45-33-28(20-44-47-17-15-46(9)16-18-47)37(52)30-31(38(33)53)36(51)26(6)40-32(30)41(54)43(8,59-40)57-19-14-29(56-10)23(3)39(58-27(7)48)25(5)35(50)24(4)34(21)49;6-5(9)4-3-7-1-2-8-4/h11-14,19-21,23-25,29,34-35,39,49-53H,15-18H2,1-10H3,(H,45,55);1-3H,(H2,6,9)/b12-11+,19-14+,22-13-,44-20-;/t21-,23+,24+,25+,29-,34-,35+,39+,43-;/m0./s1. The number of aliphatic hydroxyl groups is 2. The predicted octanol–water partition coefficient (Wildman–Crippen LogP) is 3.91. The number of hydrogen-bond donors (Lipinski definition) is 7. The molecule has 0 unspecified atom stereocenters. The number of esters is 1. The van der Waals surface area contributed by atoms with Gasteiger partial charge in [0.2, 0.25) is 0 Å². The molecule has 8 N–H and O–H groups in total. The molecule has 9 atom stereocenters. The van der Waals surface area contributed by atoms with Crippen LogP contribution in [0.3, 0.4) is 0 Å². The average molecular weight is 946 g/mol. The molecular formula is C48H63N7O13. The SMILES string of the molecule is CO[C@H]1/C=C/O[C@@]2(C)Oc3c(C)c(O)c4c(O)c(c(/C=N\N5CCN(C)CC5)c(O)c4c3C2=O)NC(=O)/C(C)=C\C=C\[C@H](C)[C@H](O)[C@@H](C)[C@@H](O)[C@@H](C)[C@H](OC(C)=O)[C@@H]1C.NC(=O)c1cnccn1. The summed E-state index contributed by atoms with van der Waals surface area (Å²) in [5.74, 6) is -8.90. The number of primary amides is 1. The van der Waals surface area contributed by atoms with Crippen molar-refractivity contribution in [2.24, 2.45) is 34.5 Å². The maximum atomic E-state index is 14.4. The molecule has 2 aromatic carbocycles. The summed E-state index contributed by atoms with van der Waals surface area (Å²) < 4.78 is 23.6. The first-order chi connectivity index (χ1) is 32.0. The molecule has 0 aliphatic carbocycles. The fourth-order valence-corrected chi connectivity index (χ4v) is 8.35. The van der Waals surface area contributed by atoms with E-state index in [2.05, 4.69) is 25.3 Å². The Morgan fingerprint density at radius 2 is 1.63 bits per heavy atom. The molecule has 5 bridgehead atoms. The number of fused-ring (bicyclic) bond motifs is 14. The Labute approximate surface area is 394 Å². The van der Waals surface area contributed by atoms with Crippen LogP contribution < -0.4 is 15.8 Å². The fraction of sp³-hybridized carbons (Fsp3) is 0.479. The molecule has 20 nitrogen and oxygen atoms in total. The molecule has 1 aromatic heterocycles. The predicted molar refractivity (Wildman–Crippen MR) is 251 cm³/mol. The van der Waals surface area contributed by atoms with Gasteiger partial charge in [-0.1, -0.05) is 45.9 Å². The number of benzene rings is 2. The number of nitrogens with zero attached hydrogens (tertiary/aromatic N) is 5. The van der Waals surface area contributed by atoms with Crippen molar-refractivity contribution in [1.82, 2.24) is 19.9 Å². The Morgan fingerprint density at radius 1 is 0.956 bits per heavy atom. The number of aliphatic hydroxyl groups excluding tert-OH is 2. The molecule has 0 spiro atoms. The van der Waals surface area contributed by atoms with Crippen molar-refractivity contribution >= 4 is 46.2 Å². The van der Waals surface area contributed by atoms with Gasteiger partial charge in [0.1, 0.15) is 29.0 Å². The number of hydrazone groups is 1. The number of methoxy groups -OCH3 is 1. The van der Waals surface area contributed by atoms with Gasteiger partial charge in [-0.15, -0.1) is 0 Å². The normalized spacial score (nSPS) is 29.0. The minimum Gasteiger partial charge on any atom is -0.507 e. The first kappa shape index (κ1) is 52.4. The Morgan fingerprint density at radius 3 is 2.22 bits per heavy atom. The molecule has 3 aromatic rings. The summed E-state index contributed by atoms with van der Waals surface area (Å²) >= 11 is 0. The van der Waals surface area contributed by atoms with Gasteiger partial charge in [0.05, 0.1) is 59.2 Å². The van der Waals surface area contributed by atoms with Crippen LogP contribution in [0.25, 0.3) is 10.8 Å². The highest BCUT2D eigenvalue weighted by Crippen LogP contribution is 2.55. The molecule has 1 fully saturated rings. The van der Waals surface area contributed by atoms with Crippen molar-refractivity contribution < 1.29 is 63.7 Å². The number of amides is 2. The first-order valence-corrected chi connectivity index (χ1v) is 22.2. The van der Waals surface area contributed by atoms with E-state index in [1.165, 1.54) is 78.0 Å². The maximum Gasteiger partial charge on any atom is 0.312 e. The maximum absolute atomic E-state index is 14.4. The van der Waals surface area contributed by atoms with E-state index in [4.69, 9.17) is 24.7 Å². The van der Waals surface area contributed by atoms with Crippen LogP contribution in [0.1, 0.15) is 80.4 Å². The van der Waals surface area contributed by atoms with Crippen LogP contribution in [-0.4, -0.2) is 146 Å². The molecule has 5 heterocycles. The molecule has 7 rings (SSSR count). The Hall–Kier alpha value is -6.61. The van der Waals surface area contributed by atoms with Gasteiger partial charge < -0.3 is 60.4 Å². The van der Waals surface area contributed by atoms with E-state index in [1.54, 1.807) is 44.9 Å². The van der Waals surface area contributed by atoms with E-state index < -0.39 is 94.7 Å². The van der Waals surface area contributed by atoms with Crippen molar-refractivity contribution in [2.45, 2.75) is 85.6 Å². The second-order valence-electron chi connectivity index (χ2n) is 17.6. The van der Waals surface area contributed by atoms with Crippen LogP contribution in [0.2, 0.25) is 0 Å². The molecule has 4 aliphatic heterocycles. The first-order valence-electron chi connectivity index (χ1n) is 22.2. The summed E-state index contributed by atoms with van der Waals surface area (Å²) in [5, 5.41) is 66.8. The van der Waals surface area contributed by atoms with Gasteiger partial charge in [0.15, 0.2) is 5.75 Å². The van der Waals surface area contributed by atoms with Gasteiger partial charge in [-0.2, -0.15) is 5.10 Å². The number of ketones is 1. The van der Waals surface area contributed by atoms with Crippen LogP contribution in [0.5, 0.6) is 23.0 Å². The van der Waals surface area contributed by atoms with Gasteiger partial charge in [-0.05, 0) is 27.0 Å². The van der Waals surface area contributed by atoms with Crippen molar-refractivity contribution in [3.8, 4) is 23.0 Å². The number of aromatic hydroxyl groups is 3. The highest BCUT2D eigenvalue weighted by Gasteiger charge is 2.50. The van der Waals surface area contributed by atoms with Crippen LogP contribution in [0, 0.1) is 30.6 Å². The highest BCUT2D eigenvalue weighted by molar-refractivity contribution is 6.23. The number of piperazine rings is 1. The van der Waals surface area contributed by atoms with E-state index in [1.807, 2.05) is 7.05 Å². The summed E-state index contributed by atoms with van der Waals surface area (Å²) in [6.07, 6.45) is 9.08. The minimum atomic E-state index is -2.04. The summed E-state index contributed by atoms with van der Waals surface area (Å²) in [6.45, 7) is 15.1. The largest absolute Gasteiger partial charge is 0.507 e. The monoisotopic (exact) mass is 945 g/mol. The number of carbonyl (C=O) groups excluding carboxylic acids is 4. The molecular weight excluding hydrogens is 883 g/mol. The van der Waals surface area contributed by atoms with E-state index in [0.29, 0.717) is 13.1 Å². The molecule has 68 heavy (non-hydrogen) atoms. The van der Waals surface area contributed by atoms with Crippen molar-refractivity contribution in [3.63, 3.8) is 0 Å². The lowest BCUT2D eigenvalue weighted by atomic mass is 9.78. The van der Waals surface area contributed by atoms with Crippen LogP contribution in [-0.2, 0) is 23.8 Å². The molecule has 2 amide bonds. The highest BCUT2D eigenvalue weighted by atomic mass is 16.7. The van der Waals surface area contributed by atoms with Gasteiger partial charge in [-0.3, -0.25) is 29.2 Å². The summed E-state index contributed by atoms with van der Waals surface area (Å²) in [4.78, 5) is 60.2. The smallest absolute Gasteiger partial charge is 0.312 e. The van der Waals surface area contributed by atoms with Gasteiger partial charge in [0, 0.05) is 99.7 Å². The second-order valence-corrected chi connectivity index (χ2v) is 17.6. The molecule has 4 aliphatic rings. The van der Waals surface area contributed by atoms with E-state index in [0.717, 1.165) is 13.1 Å². The number of nitrogens with one attached hydrogen (secondary N) is 1. The van der Waals surface area contributed by atoms with Crippen LogP contribution >= 0.6 is 0 Å². The molecule has 0 radical (unpaired) electrons. The lowest BCUT2D eigenvalue weighted by Gasteiger charge is -2.38. The van der Waals surface area contributed by atoms with Crippen molar-refractivity contribution in [1.29, 1.82) is 0 Å². The number of phenols is 3. The topological polar surface area (TPSA) is 289 Å². The number of hydrogen-bond acceptors (Lipinski definition) is 18. The number of aromatic nitrogens is 2. The number of Topliss-reactive ketones (excluding diaryl/α,β-unsaturated/α-hetero) is 1. The third-order valence-electron chi connectivity index (χ3n) is 12.7. The zero-order valence-corrected chi connectivity index (χ0v) is 40.0. The quantitative estimate of drug-likeness (QED) is 0.0826. The molecule has 0 saturated carbocycles. The third kappa shape index (κ3) is 11.2. The summed E-state index contributed by atoms with van der Waals surface area (Å²) in [7, 11) is 3.42. The van der Waals surface area contributed by atoms with Gasteiger partial charge >= 0.3 is 11.8 Å². The van der Waals surface area contributed by atoms with E-state index >= 15 is 0 Å².